The number of aliphatic hydroxyl groups is 1. The van der Waals surface area contributed by atoms with Gasteiger partial charge in [0.15, 0.2) is 0 Å². The van der Waals surface area contributed by atoms with E-state index in [-0.39, 0.29) is 0 Å². The van der Waals surface area contributed by atoms with Crippen LogP contribution >= 0.6 is 34.8 Å². The van der Waals surface area contributed by atoms with Crippen LogP contribution < -0.4 is 0 Å². The van der Waals surface area contributed by atoms with Crippen molar-refractivity contribution >= 4 is 34.8 Å². The van der Waals surface area contributed by atoms with Gasteiger partial charge < -0.3 is 5.11 Å². The van der Waals surface area contributed by atoms with E-state index in [2.05, 4.69) is 4.98 Å². The van der Waals surface area contributed by atoms with Gasteiger partial charge in [0.05, 0.1) is 20.8 Å². The van der Waals surface area contributed by atoms with Crippen molar-refractivity contribution in [1.82, 2.24) is 4.98 Å². The number of benzene rings is 1. The lowest BCUT2D eigenvalue weighted by Crippen LogP contribution is -2.05. The Morgan fingerprint density at radius 2 is 1.78 bits per heavy atom. The number of pyridine rings is 1. The predicted molar refractivity (Wildman–Crippen MR) is 74.4 cm³/mol. The second-order valence-corrected chi connectivity index (χ2v) is 5.00. The van der Waals surface area contributed by atoms with Crippen molar-refractivity contribution in [1.29, 1.82) is 0 Å². The van der Waals surface area contributed by atoms with Crippen LogP contribution in [0.3, 0.4) is 0 Å². The summed E-state index contributed by atoms with van der Waals surface area (Å²) in [6.45, 7) is 0. The van der Waals surface area contributed by atoms with Crippen molar-refractivity contribution in [3.05, 3.63) is 62.9 Å². The van der Waals surface area contributed by atoms with Gasteiger partial charge in [-0.2, -0.15) is 0 Å². The maximum Gasteiger partial charge on any atom is 0.102 e. The van der Waals surface area contributed by atoms with Gasteiger partial charge in [0, 0.05) is 12.6 Å². The van der Waals surface area contributed by atoms with Crippen molar-refractivity contribution in [2.24, 2.45) is 0 Å². The molecule has 0 saturated heterocycles. The monoisotopic (exact) mass is 301 g/mol. The summed E-state index contributed by atoms with van der Waals surface area (Å²) in [6.07, 6.45) is 1.09. The number of aromatic nitrogens is 1. The first-order valence-corrected chi connectivity index (χ1v) is 6.44. The van der Waals surface area contributed by atoms with Gasteiger partial charge in [-0.25, -0.2) is 0 Å². The summed E-state index contributed by atoms with van der Waals surface area (Å²) in [6, 6.07) is 8.70. The molecular weight excluding hydrogens is 293 g/mol. The number of aliphatic hydroxyl groups excluding tert-OH is 1. The van der Waals surface area contributed by atoms with E-state index in [9.17, 15) is 5.11 Å². The highest BCUT2D eigenvalue weighted by Crippen LogP contribution is 2.30. The molecule has 1 aromatic heterocycles. The van der Waals surface area contributed by atoms with Crippen LogP contribution in [0.2, 0.25) is 15.1 Å². The molecule has 0 amide bonds. The van der Waals surface area contributed by atoms with Crippen LogP contribution in [0.15, 0.2) is 36.5 Å². The first-order chi connectivity index (χ1) is 8.59. The van der Waals surface area contributed by atoms with Crippen LogP contribution in [-0.2, 0) is 6.42 Å². The lowest BCUT2D eigenvalue weighted by molar-refractivity contribution is 0.174. The van der Waals surface area contributed by atoms with Gasteiger partial charge in [-0.3, -0.25) is 4.98 Å². The van der Waals surface area contributed by atoms with Crippen molar-refractivity contribution < 1.29 is 5.11 Å². The molecule has 0 aliphatic heterocycles. The van der Waals surface area contributed by atoms with Gasteiger partial charge in [-0.05, 0) is 23.8 Å². The largest absolute Gasteiger partial charge is 0.386 e. The molecule has 1 N–H and O–H groups in total. The van der Waals surface area contributed by atoms with E-state index in [1.165, 1.54) is 0 Å². The first kappa shape index (κ1) is 13.6. The normalized spacial score (nSPS) is 12.4. The Bertz CT molecular complexity index is 560. The van der Waals surface area contributed by atoms with E-state index in [0.29, 0.717) is 27.2 Å². The predicted octanol–water partition coefficient (Wildman–Crippen LogP) is 4.32. The zero-order valence-electron chi connectivity index (χ0n) is 9.28. The molecule has 0 bridgehead atoms. The van der Waals surface area contributed by atoms with Gasteiger partial charge in [-0.15, -0.1) is 0 Å². The molecule has 0 fully saturated rings. The summed E-state index contributed by atoms with van der Waals surface area (Å²) in [7, 11) is 0. The van der Waals surface area contributed by atoms with Crippen LogP contribution in [0.1, 0.15) is 17.4 Å². The van der Waals surface area contributed by atoms with Crippen LogP contribution in [0.25, 0.3) is 0 Å². The molecule has 0 radical (unpaired) electrons. The number of nitrogens with zero attached hydrogens (tertiary/aromatic N) is 1. The Kier molecular flexibility index (Phi) is 4.46. The Morgan fingerprint density at radius 1 is 1.06 bits per heavy atom. The molecule has 94 valence electrons. The molecule has 2 aromatic rings. The summed E-state index contributed by atoms with van der Waals surface area (Å²) < 4.78 is 0. The molecule has 5 heteroatoms. The van der Waals surface area contributed by atoms with Gasteiger partial charge in [0.1, 0.15) is 6.10 Å². The highest BCUT2D eigenvalue weighted by molar-refractivity contribution is 6.42. The Morgan fingerprint density at radius 3 is 2.50 bits per heavy atom. The van der Waals surface area contributed by atoms with Crippen molar-refractivity contribution in [3.8, 4) is 0 Å². The molecule has 2 nitrogen and oxygen atoms in total. The zero-order valence-corrected chi connectivity index (χ0v) is 11.5. The molecule has 1 unspecified atom stereocenters. The third kappa shape index (κ3) is 2.96. The van der Waals surface area contributed by atoms with E-state index in [1.807, 2.05) is 6.07 Å². The van der Waals surface area contributed by atoms with E-state index >= 15 is 0 Å². The molecule has 0 aliphatic rings. The Hall–Kier alpha value is -0.800. The highest BCUT2D eigenvalue weighted by Gasteiger charge is 2.15. The van der Waals surface area contributed by atoms with E-state index in [1.54, 1.807) is 30.5 Å². The number of halogens is 3. The van der Waals surface area contributed by atoms with Crippen molar-refractivity contribution in [2.75, 3.05) is 0 Å². The zero-order chi connectivity index (χ0) is 13.1. The SMILES string of the molecule is OC(Cc1cccc(Cl)c1Cl)c1ncccc1Cl. The Labute approximate surface area is 120 Å². The number of hydrogen-bond acceptors (Lipinski definition) is 2. The molecular formula is C13H10Cl3NO. The average Bonchev–Trinajstić information content (AvgIpc) is 2.35. The van der Waals surface area contributed by atoms with E-state index in [0.717, 1.165) is 5.56 Å². The first-order valence-electron chi connectivity index (χ1n) is 5.31. The molecule has 1 aromatic carbocycles. The van der Waals surface area contributed by atoms with Gasteiger partial charge in [0.2, 0.25) is 0 Å². The quantitative estimate of drug-likeness (QED) is 0.916. The maximum absolute atomic E-state index is 10.1. The summed E-state index contributed by atoms with van der Waals surface area (Å²) in [5.74, 6) is 0. The van der Waals surface area contributed by atoms with Crippen LogP contribution in [-0.4, -0.2) is 10.1 Å². The minimum absolute atomic E-state index is 0.316. The standard InChI is InChI=1S/C13H10Cl3NO/c14-9-4-1-3-8(12(9)16)7-11(18)13-10(15)5-2-6-17-13/h1-6,11,18H,7H2. The lowest BCUT2D eigenvalue weighted by atomic mass is 10.1. The molecule has 0 saturated carbocycles. The van der Waals surface area contributed by atoms with Gasteiger partial charge in [-0.1, -0.05) is 46.9 Å². The number of rotatable bonds is 3. The number of hydrogen-bond donors (Lipinski definition) is 1. The topological polar surface area (TPSA) is 33.1 Å². The van der Waals surface area contributed by atoms with Crippen molar-refractivity contribution in [2.45, 2.75) is 12.5 Å². The van der Waals surface area contributed by atoms with Gasteiger partial charge >= 0.3 is 0 Å². The second kappa shape index (κ2) is 5.89. The third-order valence-electron chi connectivity index (χ3n) is 2.55. The minimum Gasteiger partial charge on any atom is -0.386 e. The van der Waals surface area contributed by atoms with Crippen LogP contribution in [0, 0.1) is 0 Å². The summed E-state index contributed by atoms with van der Waals surface area (Å²) in [4.78, 5) is 4.07. The second-order valence-electron chi connectivity index (χ2n) is 3.80. The molecule has 0 aliphatic carbocycles. The minimum atomic E-state index is -0.810. The maximum atomic E-state index is 10.1. The smallest absolute Gasteiger partial charge is 0.102 e. The fourth-order valence-electron chi connectivity index (χ4n) is 1.65. The van der Waals surface area contributed by atoms with E-state index < -0.39 is 6.10 Å². The molecule has 1 atom stereocenters. The van der Waals surface area contributed by atoms with E-state index in [4.69, 9.17) is 34.8 Å². The molecule has 2 rings (SSSR count). The Balaban J connectivity index is 2.24. The molecule has 18 heavy (non-hydrogen) atoms. The molecule has 1 heterocycles. The average molecular weight is 303 g/mol. The summed E-state index contributed by atoms with van der Waals surface area (Å²) >= 11 is 18.0. The van der Waals surface area contributed by atoms with Crippen molar-refractivity contribution in [3.63, 3.8) is 0 Å². The third-order valence-corrected chi connectivity index (χ3v) is 3.73. The summed E-state index contributed by atoms with van der Waals surface area (Å²) in [5.41, 5.74) is 1.20. The highest BCUT2D eigenvalue weighted by atomic mass is 35.5. The molecule has 0 spiro atoms. The fourth-order valence-corrected chi connectivity index (χ4v) is 2.30. The lowest BCUT2D eigenvalue weighted by Gasteiger charge is -2.13. The fraction of sp³-hybridized carbons (Fsp3) is 0.154. The van der Waals surface area contributed by atoms with Gasteiger partial charge in [0.25, 0.3) is 0 Å². The van der Waals surface area contributed by atoms with Crippen LogP contribution in [0.5, 0.6) is 0 Å². The van der Waals surface area contributed by atoms with Crippen LogP contribution in [0.4, 0.5) is 0 Å². The summed E-state index contributed by atoms with van der Waals surface area (Å²) in [5, 5.41) is 11.5.